The summed E-state index contributed by atoms with van der Waals surface area (Å²) in [4.78, 5) is 33.8. The van der Waals surface area contributed by atoms with Gasteiger partial charge in [-0.2, -0.15) is 0 Å². The van der Waals surface area contributed by atoms with Crippen molar-refractivity contribution in [3.8, 4) is 67.9 Å². The van der Waals surface area contributed by atoms with Crippen LogP contribution in [0.2, 0.25) is 0 Å². The van der Waals surface area contributed by atoms with E-state index in [4.69, 9.17) is 0 Å². The Labute approximate surface area is 539 Å². The lowest BCUT2D eigenvalue weighted by Gasteiger charge is -2.57. The minimum Gasteiger partial charge on any atom is -0.507 e. The second kappa shape index (κ2) is 22.1. The third-order valence-corrected chi connectivity index (χ3v) is 24.4. The highest BCUT2D eigenvalue weighted by atomic mass is 16.4. The van der Waals surface area contributed by atoms with E-state index in [0.717, 1.165) is 86.3 Å². The summed E-state index contributed by atoms with van der Waals surface area (Å²) >= 11 is 0. The average molecular weight is 1240 g/mol. The summed E-state index contributed by atoms with van der Waals surface area (Å²) < 4.78 is 0. The molecule has 0 unspecified atom stereocenters. The van der Waals surface area contributed by atoms with Crippen molar-refractivity contribution < 1.29 is 60.3 Å². The number of phenols is 6. The van der Waals surface area contributed by atoms with Gasteiger partial charge in [0.2, 0.25) is 0 Å². The van der Waals surface area contributed by atoms with Gasteiger partial charge in [0.25, 0.3) is 0 Å². The van der Waals surface area contributed by atoms with Crippen molar-refractivity contribution in [2.45, 2.75) is 132 Å². The number of benzene rings is 9. The van der Waals surface area contributed by atoms with E-state index in [1.807, 2.05) is 48.5 Å². The minimum atomic E-state index is -1.17. The Balaban J connectivity index is 0.000000111. The molecular weight excluding hydrogens is 1160 g/mol. The minimum absolute atomic E-state index is 0.0596. The topological polar surface area (TPSA) is 233 Å². The fraction of sp³-hybridized carbons (Fsp3) is 0.370. The van der Waals surface area contributed by atoms with Crippen LogP contribution in [0.25, 0.3) is 65.7 Å². The van der Waals surface area contributed by atoms with Crippen molar-refractivity contribution in [3.63, 3.8) is 0 Å². The summed E-state index contributed by atoms with van der Waals surface area (Å²) in [5.41, 5.74) is 9.65. The predicted molar refractivity (Wildman–Crippen MR) is 359 cm³/mol. The highest BCUT2D eigenvalue weighted by Gasteiger charge is 2.54. The summed E-state index contributed by atoms with van der Waals surface area (Å²) in [6, 6.07) is 43.6. The summed E-state index contributed by atoms with van der Waals surface area (Å²) in [5, 5.41) is 95.0. The van der Waals surface area contributed by atoms with Crippen molar-refractivity contribution in [2.75, 3.05) is 0 Å². The van der Waals surface area contributed by atoms with E-state index in [1.165, 1.54) is 157 Å². The zero-order valence-corrected chi connectivity index (χ0v) is 52.0. The van der Waals surface area contributed by atoms with Gasteiger partial charge in [0.15, 0.2) is 0 Å². The maximum absolute atomic E-state index is 11.3. The molecule has 12 fully saturated rings. The van der Waals surface area contributed by atoms with Gasteiger partial charge >= 0.3 is 17.9 Å². The quantitative estimate of drug-likeness (QED) is 0.0657. The molecule has 9 aromatic carbocycles. The van der Waals surface area contributed by atoms with E-state index in [0.29, 0.717) is 44.0 Å². The normalized spacial score (nSPS) is 28.8. The third-order valence-electron chi connectivity index (χ3n) is 24.4. The first-order valence-electron chi connectivity index (χ1n) is 33.7. The lowest BCUT2D eigenvalue weighted by molar-refractivity contribution is -0.00530. The van der Waals surface area contributed by atoms with Crippen LogP contribution in [0.4, 0.5) is 0 Å². The predicted octanol–water partition coefficient (Wildman–Crippen LogP) is 18.3. The Kier molecular flexibility index (Phi) is 14.0. The van der Waals surface area contributed by atoms with Crippen molar-refractivity contribution in [2.24, 2.45) is 53.3 Å². The molecule has 93 heavy (non-hydrogen) atoms. The van der Waals surface area contributed by atoms with E-state index in [9.17, 15) is 60.3 Å². The Hall–Kier alpha value is -9.03. The molecule has 12 saturated carbocycles. The van der Waals surface area contributed by atoms with Gasteiger partial charge in [-0.1, -0.05) is 48.5 Å². The molecule has 12 nitrogen and oxygen atoms in total. The second-order valence-corrected chi connectivity index (χ2v) is 30.5. The maximum Gasteiger partial charge on any atom is 0.335 e. The Bertz CT molecular complexity index is 4490. The van der Waals surface area contributed by atoms with E-state index >= 15 is 0 Å². The smallest absolute Gasteiger partial charge is 0.335 e. The van der Waals surface area contributed by atoms with Gasteiger partial charge < -0.3 is 46.0 Å². The molecule has 0 radical (unpaired) electrons. The van der Waals surface area contributed by atoms with Crippen LogP contribution < -0.4 is 0 Å². The lowest BCUT2D eigenvalue weighted by Crippen LogP contribution is -2.48. The van der Waals surface area contributed by atoms with Gasteiger partial charge in [0.05, 0.1) is 16.7 Å². The molecule has 0 aromatic heterocycles. The summed E-state index contributed by atoms with van der Waals surface area (Å²) in [7, 11) is 0. The van der Waals surface area contributed by atoms with Crippen LogP contribution in [-0.2, 0) is 16.2 Å². The van der Waals surface area contributed by atoms with Gasteiger partial charge in [-0.15, -0.1) is 0 Å². The highest BCUT2D eigenvalue weighted by molar-refractivity contribution is 6.03. The van der Waals surface area contributed by atoms with Crippen LogP contribution in [0, 0.1) is 53.3 Å². The van der Waals surface area contributed by atoms with Crippen LogP contribution in [0.15, 0.2) is 146 Å². The van der Waals surface area contributed by atoms with Crippen LogP contribution >= 0.6 is 0 Å². The number of aromatic carboxylic acids is 3. The molecule has 0 saturated heterocycles. The Morgan fingerprint density at radius 2 is 0.581 bits per heavy atom. The summed E-state index contributed by atoms with van der Waals surface area (Å²) in [5.74, 6) is 4.74. The number of hydrogen-bond donors (Lipinski definition) is 9. The molecule has 12 heteroatoms. The number of hydrogen-bond acceptors (Lipinski definition) is 9. The van der Waals surface area contributed by atoms with E-state index in [1.54, 1.807) is 30.3 Å². The number of carboxylic acids is 3. The molecule has 0 atom stereocenters. The Morgan fingerprint density at radius 3 is 1.00 bits per heavy atom. The maximum atomic E-state index is 11.3. The zero-order chi connectivity index (χ0) is 64.0. The van der Waals surface area contributed by atoms with Crippen LogP contribution in [-0.4, -0.2) is 63.9 Å². The molecule has 12 bridgehead atoms. The lowest BCUT2D eigenvalue weighted by atomic mass is 9.48. The number of carboxylic acid groups (broad SMARTS) is 3. The first-order chi connectivity index (χ1) is 44.7. The fourth-order valence-corrected chi connectivity index (χ4v) is 21.6. The van der Waals surface area contributed by atoms with Crippen LogP contribution in [0.5, 0.6) is 34.5 Å². The summed E-state index contributed by atoms with van der Waals surface area (Å²) in [6.45, 7) is 0. The molecule has 0 amide bonds. The largest absolute Gasteiger partial charge is 0.507 e. The first-order valence-corrected chi connectivity index (χ1v) is 33.7. The molecule has 0 spiro atoms. The fourth-order valence-electron chi connectivity index (χ4n) is 21.6. The number of carbonyl (C=O) groups is 3. The molecule has 12 aliphatic rings. The van der Waals surface area contributed by atoms with Gasteiger partial charge in [0, 0.05) is 32.8 Å². The molecule has 474 valence electrons. The average Bonchev–Trinajstić information content (AvgIpc) is 0.768. The number of aromatic hydroxyl groups is 6. The molecule has 0 aliphatic heterocycles. The van der Waals surface area contributed by atoms with Crippen LogP contribution in [0.3, 0.4) is 0 Å². The molecule has 12 aliphatic carbocycles. The molecule has 21 rings (SSSR count). The summed E-state index contributed by atoms with van der Waals surface area (Å²) in [6.07, 6.45) is 23.9. The molecule has 0 heterocycles. The van der Waals surface area contributed by atoms with E-state index in [2.05, 4.69) is 42.5 Å². The van der Waals surface area contributed by atoms with E-state index in [-0.39, 0.29) is 56.1 Å². The third kappa shape index (κ3) is 10.5. The van der Waals surface area contributed by atoms with Crippen molar-refractivity contribution in [1.29, 1.82) is 0 Å². The van der Waals surface area contributed by atoms with Gasteiger partial charge in [-0.25, -0.2) is 14.4 Å². The number of rotatable bonds is 9. The SMILES string of the molecule is O=C(O)c1cc(O)c2cc(-c3cc(C45CC6CC(CC(C6)C4)C5)ccc3O)cc(O)c2c1.O=C(O)c1cc(O)c2cc(-c3cc(C45CC6CC(CC(C6)C4)C5)ccc3O)ccc2c1.O=C(O)c1ccc2cc(-c3cc(C45CC6CC(CC(C6)C4)C5)ccc3O)ccc2c1. The zero-order valence-electron chi connectivity index (χ0n) is 52.0. The van der Waals surface area contributed by atoms with Gasteiger partial charge in [-0.3, -0.25) is 0 Å². The standard InChI is InChI=1S/C27H26O5.C27H26O4.C27H26O3/c28-23-2-1-19(27-11-14-3-15(12-27)5-16(4-14)13-27)10-20(23)17-6-21-22(24(29)8-17)7-18(26(31)32)9-25(21)30;28-24-4-3-21(27-12-15-5-16(13-27)7-17(6-15)14-27)11-23(24)19-2-1-18-8-20(26(30)31)10-25(29)22(18)9-19;28-25-6-5-23(27-13-16-7-17(14-27)9-18(8-16)15-27)12-24(25)21-3-1-20-11-22(26(29)30)4-2-19(20)10-21/h1-2,6-10,14-16,28-30H,3-5,11-13H2,(H,31,32);1-4,8-11,15-17,28-29H,5-7,12-14H2,(H,30,31);1-6,10-12,16-18,28H,7-9,13-15H2,(H,29,30). The van der Waals surface area contributed by atoms with Crippen molar-refractivity contribution in [1.82, 2.24) is 0 Å². The Morgan fingerprint density at radius 1 is 0.269 bits per heavy atom. The first kappa shape index (κ1) is 59.0. The van der Waals surface area contributed by atoms with Crippen molar-refractivity contribution >= 4 is 50.2 Å². The van der Waals surface area contributed by atoms with Gasteiger partial charge in [0.1, 0.15) is 34.5 Å². The van der Waals surface area contributed by atoms with Gasteiger partial charge in [-0.05, 0) is 332 Å². The monoisotopic (exact) mass is 1240 g/mol. The number of fused-ring (bicyclic) bond motifs is 3. The second-order valence-electron chi connectivity index (χ2n) is 30.5. The molecule has 9 N–H and O–H groups in total. The highest BCUT2D eigenvalue weighted by Crippen LogP contribution is 2.64. The molecule has 9 aromatic rings. The van der Waals surface area contributed by atoms with Crippen LogP contribution in [0.1, 0.15) is 163 Å². The van der Waals surface area contributed by atoms with E-state index < -0.39 is 17.9 Å². The van der Waals surface area contributed by atoms with Crippen molar-refractivity contribution in [3.05, 3.63) is 179 Å². The number of phenolic OH excluding ortho intramolecular Hbond substituents is 6. The molecular formula is C81H78O12.